The zero-order chi connectivity index (χ0) is 49.7. The van der Waals surface area contributed by atoms with Gasteiger partial charge in [0.15, 0.2) is 0 Å². The molecule has 0 fully saturated rings. The first-order valence-electron chi connectivity index (χ1n) is 27.3. The third-order valence-electron chi connectivity index (χ3n) is 16.8. The molecule has 2 aliphatic rings. The predicted molar refractivity (Wildman–Crippen MR) is 310 cm³/mol. The number of anilines is 2. The minimum Gasteiger partial charge on any atom is -0.337 e. The van der Waals surface area contributed by atoms with Gasteiger partial charge in [-0.05, 0) is 132 Å². The molecule has 2 atom stereocenters. The molecule has 72 heavy (non-hydrogen) atoms. The fraction of sp³-hybridized carbons (Fsp3) is 0.268. The molecule has 0 spiro atoms. The van der Waals surface area contributed by atoms with Crippen molar-refractivity contribution in [2.24, 2.45) is 11.8 Å². The lowest BCUT2D eigenvalue weighted by molar-refractivity contribution is 0.266. The third-order valence-corrected chi connectivity index (χ3v) is 16.8. The van der Waals surface area contributed by atoms with E-state index in [4.69, 9.17) is 0 Å². The van der Waals surface area contributed by atoms with Gasteiger partial charge in [-0.2, -0.15) is 0 Å². The molecule has 0 amide bonds. The molecule has 1 nitrogen and oxygen atoms in total. The zero-order valence-corrected chi connectivity index (χ0v) is 43.3. The molecule has 2 unspecified atom stereocenters. The van der Waals surface area contributed by atoms with Crippen molar-refractivity contribution in [1.82, 2.24) is 0 Å². The Morgan fingerprint density at radius 1 is 0.458 bits per heavy atom. The van der Waals surface area contributed by atoms with Crippen LogP contribution in [-0.4, -0.2) is 0 Å². The molecule has 0 aromatic heterocycles. The second kappa shape index (κ2) is 21.4. The standard InChI is InChI=1S/C71H73N/c1-7-13-23-53(11-5)48-70(49-54(12-6)24-14-8-2)66-31-20-18-28-62(66)64-46-45-61(47-68(64)70)72(60-43-37-56(38-44-60)55-25-16-15-17-26-55)50-57-27-22-30-65-63-29-19-21-32-67(63)71(69(57)65,58-39-33-51(9-3)34-40-58)59-41-35-52(10-4)36-42-59/h9-10,15-22,25-47,53-54H,3-4,7-8,11-14,23-24,48-50H2,1-2,5-6H3. The van der Waals surface area contributed by atoms with Crippen LogP contribution in [0.25, 0.3) is 45.5 Å². The number of fused-ring (bicyclic) bond motifs is 6. The zero-order valence-electron chi connectivity index (χ0n) is 43.3. The molecular weight excluding hydrogens is 867 g/mol. The average Bonchev–Trinajstić information content (AvgIpc) is 3.90. The van der Waals surface area contributed by atoms with Gasteiger partial charge >= 0.3 is 0 Å². The van der Waals surface area contributed by atoms with Crippen LogP contribution in [0.2, 0.25) is 0 Å². The van der Waals surface area contributed by atoms with Crippen molar-refractivity contribution in [1.29, 1.82) is 0 Å². The van der Waals surface area contributed by atoms with Gasteiger partial charge < -0.3 is 4.90 Å². The minimum absolute atomic E-state index is 0.0758. The third kappa shape index (κ3) is 8.80. The van der Waals surface area contributed by atoms with E-state index in [1.165, 1.54) is 142 Å². The van der Waals surface area contributed by atoms with E-state index in [1.807, 2.05) is 12.2 Å². The van der Waals surface area contributed by atoms with E-state index in [1.54, 1.807) is 5.56 Å². The molecule has 1 heteroatoms. The predicted octanol–water partition coefficient (Wildman–Crippen LogP) is 19.8. The van der Waals surface area contributed by atoms with E-state index in [0.29, 0.717) is 18.4 Å². The first kappa shape index (κ1) is 48.7. The van der Waals surface area contributed by atoms with E-state index < -0.39 is 5.41 Å². The highest BCUT2D eigenvalue weighted by Gasteiger charge is 2.48. The lowest BCUT2D eigenvalue weighted by atomic mass is 9.65. The highest BCUT2D eigenvalue weighted by molar-refractivity contribution is 5.89. The van der Waals surface area contributed by atoms with Crippen molar-refractivity contribution in [3.63, 3.8) is 0 Å². The Bertz CT molecular complexity index is 3070. The van der Waals surface area contributed by atoms with Crippen LogP contribution in [0.1, 0.15) is 142 Å². The lowest BCUT2D eigenvalue weighted by Crippen LogP contribution is -2.32. The van der Waals surface area contributed by atoms with Crippen LogP contribution < -0.4 is 4.90 Å². The number of hydrogen-bond donors (Lipinski definition) is 0. The topological polar surface area (TPSA) is 3.24 Å². The van der Waals surface area contributed by atoms with Gasteiger partial charge in [0.05, 0.1) is 5.41 Å². The summed E-state index contributed by atoms with van der Waals surface area (Å²) in [5.74, 6) is 1.31. The van der Waals surface area contributed by atoms with Crippen LogP contribution in [0.5, 0.6) is 0 Å². The van der Waals surface area contributed by atoms with Gasteiger partial charge in [0.25, 0.3) is 0 Å². The van der Waals surface area contributed by atoms with Gasteiger partial charge in [0, 0.05) is 23.3 Å². The average molecular weight is 940 g/mol. The molecule has 0 saturated carbocycles. The molecule has 0 bridgehead atoms. The lowest BCUT2D eigenvalue weighted by Gasteiger charge is -2.39. The van der Waals surface area contributed by atoms with Crippen LogP contribution in [-0.2, 0) is 17.4 Å². The Balaban J connectivity index is 1.20. The largest absolute Gasteiger partial charge is 0.337 e. The van der Waals surface area contributed by atoms with Crippen molar-refractivity contribution < 1.29 is 0 Å². The van der Waals surface area contributed by atoms with Gasteiger partial charge in [0.2, 0.25) is 0 Å². The van der Waals surface area contributed by atoms with Crippen molar-refractivity contribution >= 4 is 23.5 Å². The second-order valence-corrected chi connectivity index (χ2v) is 20.9. The molecule has 2 aliphatic carbocycles. The van der Waals surface area contributed by atoms with Crippen LogP contribution in [0.3, 0.4) is 0 Å². The van der Waals surface area contributed by atoms with Crippen LogP contribution in [0.15, 0.2) is 201 Å². The molecule has 0 saturated heterocycles. The van der Waals surface area contributed by atoms with Crippen LogP contribution in [0, 0.1) is 11.8 Å². The highest BCUT2D eigenvalue weighted by Crippen LogP contribution is 2.59. The summed E-state index contributed by atoms with van der Waals surface area (Å²) < 4.78 is 0. The maximum atomic E-state index is 4.14. The summed E-state index contributed by atoms with van der Waals surface area (Å²) in [6, 6.07) is 71.8. The first-order valence-corrected chi connectivity index (χ1v) is 27.3. The molecule has 8 aromatic carbocycles. The van der Waals surface area contributed by atoms with Crippen molar-refractivity contribution in [2.45, 2.75) is 109 Å². The van der Waals surface area contributed by atoms with E-state index in [0.717, 1.165) is 11.1 Å². The molecular formula is C71H73N. The quantitative estimate of drug-likeness (QED) is 0.0694. The molecule has 0 radical (unpaired) electrons. The Morgan fingerprint density at radius 2 is 0.958 bits per heavy atom. The maximum Gasteiger partial charge on any atom is 0.0716 e. The van der Waals surface area contributed by atoms with Crippen LogP contribution >= 0.6 is 0 Å². The molecule has 362 valence electrons. The molecule has 8 aromatic rings. The number of rotatable bonds is 21. The Labute approximate surface area is 432 Å². The van der Waals surface area contributed by atoms with Gasteiger partial charge in [-0.15, -0.1) is 0 Å². The van der Waals surface area contributed by atoms with Gasteiger partial charge in [-0.3, -0.25) is 0 Å². The minimum atomic E-state index is -0.583. The molecule has 0 aliphatic heterocycles. The smallest absolute Gasteiger partial charge is 0.0716 e. The Kier molecular flexibility index (Phi) is 14.5. The fourth-order valence-electron chi connectivity index (χ4n) is 13.1. The summed E-state index contributed by atoms with van der Waals surface area (Å²) in [6.07, 6.45) is 16.3. The van der Waals surface area contributed by atoms with Crippen molar-refractivity contribution in [3.8, 4) is 33.4 Å². The van der Waals surface area contributed by atoms with E-state index >= 15 is 0 Å². The molecule has 0 heterocycles. The summed E-state index contributed by atoms with van der Waals surface area (Å²) in [5.41, 5.74) is 21.4. The Morgan fingerprint density at radius 3 is 1.53 bits per heavy atom. The normalized spacial score (nSPS) is 15.7. The summed E-state index contributed by atoms with van der Waals surface area (Å²) in [5, 5.41) is 0. The first-order chi connectivity index (χ1) is 35.4. The summed E-state index contributed by atoms with van der Waals surface area (Å²) in [6.45, 7) is 18.6. The summed E-state index contributed by atoms with van der Waals surface area (Å²) in [4.78, 5) is 2.64. The SMILES string of the molecule is C=Cc1ccc(C2(c3ccc(C=C)cc3)c3ccccc3-c3cccc(CN(c4ccc(-c5ccccc5)cc4)c4ccc5c(c4)C(CC(CC)CCCC)(CC(CC)CCCC)c4ccccc4-5)c32)cc1. The van der Waals surface area contributed by atoms with E-state index in [2.05, 4.69) is 234 Å². The monoisotopic (exact) mass is 940 g/mol. The van der Waals surface area contributed by atoms with Gasteiger partial charge in [0.1, 0.15) is 0 Å². The van der Waals surface area contributed by atoms with Gasteiger partial charge in [-0.1, -0.05) is 268 Å². The molecule has 0 N–H and O–H groups in total. The number of nitrogens with zero attached hydrogens (tertiary/aromatic N) is 1. The van der Waals surface area contributed by atoms with E-state index in [9.17, 15) is 0 Å². The van der Waals surface area contributed by atoms with E-state index in [-0.39, 0.29) is 5.41 Å². The molecule has 10 rings (SSSR count). The number of unbranched alkanes of at least 4 members (excludes halogenated alkanes) is 2. The number of hydrogen-bond acceptors (Lipinski definition) is 1. The number of benzene rings is 8. The van der Waals surface area contributed by atoms with Gasteiger partial charge in [-0.25, -0.2) is 0 Å². The summed E-state index contributed by atoms with van der Waals surface area (Å²) >= 11 is 0. The van der Waals surface area contributed by atoms with Crippen LogP contribution in [0.4, 0.5) is 11.4 Å². The fourth-order valence-corrected chi connectivity index (χ4v) is 13.1. The highest BCUT2D eigenvalue weighted by atomic mass is 15.1. The van der Waals surface area contributed by atoms with Crippen molar-refractivity contribution in [2.75, 3.05) is 4.90 Å². The summed E-state index contributed by atoms with van der Waals surface area (Å²) in [7, 11) is 0. The van der Waals surface area contributed by atoms with Crippen molar-refractivity contribution in [3.05, 3.63) is 251 Å². The maximum absolute atomic E-state index is 4.14. The second-order valence-electron chi connectivity index (χ2n) is 20.9. The Hall–Kier alpha value is -6.96.